The number of imide groups is 2. The van der Waals surface area contributed by atoms with Gasteiger partial charge in [-0.25, -0.2) is 9.69 Å². The predicted octanol–water partition coefficient (Wildman–Crippen LogP) is 4.02. The lowest BCUT2D eigenvalue weighted by Crippen LogP contribution is -2.54. The number of rotatable bonds is 3. The molecule has 0 radical (unpaired) electrons. The molecule has 0 saturated carbocycles. The maximum absolute atomic E-state index is 13.0. The molecule has 2 aromatic rings. The fourth-order valence-corrected chi connectivity index (χ4v) is 3.90. The average Bonchev–Trinajstić information content (AvgIpc) is 3.22. The minimum atomic E-state index is -0.749. The largest absolute Gasteiger partial charge is 0.372 e. The van der Waals surface area contributed by atoms with Crippen molar-refractivity contribution in [3.05, 3.63) is 63.6 Å². The van der Waals surface area contributed by atoms with Crippen LogP contribution in [0.15, 0.2) is 52.5 Å². The van der Waals surface area contributed by atoms with E-state index in [2.05, 4.69) is 32.2 Å². The van der Waals surface area contributed by atoms with Crippen molar-refractivity contribution in [2.45, 2.75) is 19.8 Å². The number of hydrogen-bond acceptors (Lipinski definition) is 4. The van der Waals surface area contributed by atoms with Crippen LogP contribution in [0, 0.1) is 6.92 Å². The summed E-state index contributed by atoms with van der Waals surface area (Å²) in [6.45, 7) is 4.05. The number of nitrogens with one attached hydrogen (secondary N) is 1. The number of anilines is 2. The Labute approximate surface area is 177 Å². The zero-order valence-corrected chi connectivity index (χ0v) is 17.5. The molecule has 1 N–H and O–H groups in total. The third-order valence-corrected chi connectivity index (χ3v) is 5.74. The number of amides is 4. The lowest BCUT2D eigenvalue weighted by atomic mass is 10.0. The van der Waals surface area contributed by atoms with Crippen molar-refractivity contribution in [2.24, 2.45) is 0 Å². The molecule has 2 aliphatic heterocycles. The van der Waals surface area contributed by atoms with Gasteiger partial charge in [-0.2, -0.15) is 0 Å². The van der Waals surface area contributed by atoms with Crippen LogP contribution in [0.3, 0.4) is 0 Å². The highest BCUT2D eigenvalue weighted by atomic mass is 79.9. The summed E-state index contributed by atoms with van der Waals surface area (Å²) in [6, 6.07) is 12.0. The number of carbonyl (C=O) groups is 3. The molecule has 2 saturated heterocycles. The topological polar surface area (TPSA) is 69.7 Å². The van der Waals surface area contributed by atoms with Gasteiger partial charge in [-0.3, -0.25) is 14.9 Å². The Morgan fingerprint density at radius 2 is 1.62 bits per heavy atom. The van der Waals surface area contributed by atoms with Crippen molar-refractivity contribution < 1.29 is 14.4 Å². The Morgan fingerprint density at radius 3 is 2.28 bits per heavy atom. The summed E-state index contributed by atoms with van der Waals surface area (Å²) in [6.07, 6.45) is 3.94. The summed E-state index contributed by atoms with van der Waals surface area (Å²) in [5, 5.41) is 2.26. The van der Waals surface area contributed by atoms with Gasteiger partial charge in [0.15, 0.2) is 0 Å². The van der Waals surface area contributed by atoms with Crippen molar-refractivity contribution in [3.8, 4) is 0 Å². The van der Waals surface area contributed by atoms with Crippen LogP contribution in [0.5, 0.6) is 0 Å². The molecule has 0 aromatic heterocycles. The van der Waals surface area contributed by atoms with Crippen LogP contribution in [-0.2, 0) is 9.59 Å². The Kier molecular flexibility index (Phi) is 5.24. The van der Waals surface area contributed by atoms with E-state index in [4.69, 9.17) is 0 Å². The van der Waals surface area contributed by atoms with Crippen LogP contribution in [-0.4, -0.2) is 30.9 Å². The molecular weight excluding hydrogens is 434 g/mol. The minimum absolute atomic E-state index is 0.0652. The van der Waals surface area contributed by atoms with E-state index in [9.17, 15) is 14.4 Å². The number of urea groups is 1. The van der Waals surface area contributed by atoms with Gasteiger partial charge < -0.3 is 4.90 Å². The van der Waals surface area contributed by atoms with Crippen LogP contribution in [0.1, 0.15) is 24.0 Å². The minimum Gasteiger partial charge on any atom is -0.372 e. The normalized spacial score (nSPS) is 18.6. The van der Waals surface area contributed by atoms with E-state index in [0.29, 0.717) is 5.69 Å². The van der Waals surface area contributed by atoms with Crippen LogP contribution >= 0.6 is 15.9 Å². The third-order valence-electron chi connectivity index (χ3n) is 5.21. The van der Waals surface area contributed by atoms with Gasteiger partial charge in [0.25, 0.3) is 11.8 Å². The predicted molar refractivity (Wildman–Crippen MR) is 116 cm³/mol. The molecule has 0 atom stereocenters. The van der Waals surface area contributed by atoms with Crippen molar-refractivity contribution in [3.63, 3.8) is 0 Å². The highest BCUT2D eigenvalue weighted by molar-refractivity contribution is 9.10. The molecule has 29 heavy (non-hydrogen) atoms. The Balaban J connectivity index is 1.66. The van der Waals surface area contributed by atoms with Gasteiger partial charge in [0, 0.05) is 23.2 Å². The standard InChI is InChI=1S/C22H20BrN3O3/c1-14-12-18(25-10-2-3-11-25)7-4-15(14)13-19-20(27)24-22(29)26(21(19)28)17-8-5-16(23)6-9-17/h4-9,12-13H,2-3,10-11H2,1H3,(H,24,27,29)/b19-13+. The molecule has 4 amide bonds. The maximum Gasteiger partial charge on any atom is 0.335 e. The van der Waals surface area contributed by atoms with E-state index in [0.717, 1.165) is 39.3 Å². The molecule has 0 bridgehead atoms. The van der Waals surface area contributed by atoms with Crippen molar-refractivity contribution in [1.29, 1.82) is 0 Å². The van der Waals surface area contributed by atoms with Crippen LogP contribution in [0.2, 0.25) is 0 Å². The molecule has 2 aromatic carbocycles. The monoisotopic (exact) mass is 453 g/mol. The van der Waals surface area contributed by atoms with Crippen molar-refractivity contribution in [1.82, 2.24) is 5.32 Å². The molecule has 0 unspecified atom stereocenters. The molecule has 148 valence electrons. The maximum atomic E-state index is 13.0. The second-order valence-corrected chi connectivity index (χ2v) is 8.08. The third kappa shape index (κ3) is 3.82. The van der Waals surface area contributed by atoms with Crippen LogP contribution in [0.4, 0.5) is 16.2 Å². The number of barbiturate groups is 1. The number of aryl methyl sites for hydroxylation is 1. The van der Waals surface area contributed by atoms with E-state index in [1.165, 1.54) is 12.8 Å². The summed E-state index contributed by atoms with van der Waals surface area (Å²) in [5.41, 5.74) is 3.22. The van der Waals surface area contributed by atoms with E-state index in [-0.39, 0.29) is 5.57 Å². The Hall–Kier alpha value is -2.93. The first-order valence-electron chi connectivity index (χ1n) is 9.46. The second kappa shape index (κ2) is 7.83. The smallest absolute Gasteiger partial charge is 0.335 e. The first kappa shape index (κ1) is 19.4. The number of hydrogen-bond donors (Lipinski definition) is 1. The summed E-state index contributed by atoms with van der Waals surface area (Å²) in [5.74, 6) is -1.32. The fraction of sp³-hybridized carbons (Fsp3) is 0.227. The molecule has 0 spiro atoms. The number of benzene rings is 2. The van der Waals surface area contributed by atoms with E-state index in [1.807, 2.05) is 19.1 Å². The summed E-state index contributed by atoms with van der Waals surface area (Å²) >= 11 is 3.33. The molecule has 0 aliphatic carbocycles. The molecule has 2 fully saturated rings. The molecule has 4 rings (SSSR count). The molecule has 7 heteroatoms. The fourth-order valence-electron chi connectivity index (χ4n) is 3.63. The quantitative estimate of drug-likeness (QED) is 0.562. The van der Waals surface area contributed by atoms with Gasteiger partial charge in [-0.1, -0.05) is 22.0 Å². The van der Waals surface area contributed by atoms with Crippen molar-refractivity contribution in [2.75, 3.05) is 22.9 Å². The van der Waals surface area contributed by atoms with E-state index in [1.54, 1.807) is 30.3 Å². The number of halogens is 1. The lowest BCUT2D eigenvalue weighted by Gasteiger charge is -2.26. The number of carbonyl (C=O) groups excluding carboxylic acids is 3. The van der Waals surface area contributed by atoms with Gasteiger partial charge in [0.05, 0.1) is 5.69 Å². The molecule has 2 heterocycles. The van der Waals surface area contributed by atoms with E-state index >= 15 is 0 Å². The summed E-state index contributed by atoms with van der Waals surface area (Å²) in [7, 11) is 0. The van der Waals surface area contributed by atoms with Gasteiger partial charge >= 0.3 is 6.03 Å². The van der Waals surface area contributed by atoms with Crippen molar-refractivity contribution >= 4 is 51.2 Å². The van der Waals surface area contributed by atoms with Gasteiger partial charge in [0.2, 0.25) is 0 Å². The summed E-state index contributed by atoms with van der Waals surface area (Å²) in [4.78, 5) is 40.9. The second-order valence-electron chi connectivity index (χ2n) is 7.17. The highest BCUT2D eigenvalue weighted by Crippen LogP contribution is 2.27. The molecule has 6 nitrogen and oxygen atoms in total. The average molecular weight is 454 g/mol. The zero-order chi connectivity index (χ0) is 20.5. The summed E-state index contributed by atoms with van der Waals surface area (Å²) < 4.78 is 0.826. The Morgan fingerprint density at radius 1 is 0.966 bits per heavy atom. The van der Waals surface area contributed by atoms with Gasteiger partial charge in [-0.15, -0.1) is 0 Å². The molecular formula is C22H20BrN3O3. The number of nitrogens with zero attached hydrogens (tertiary/aromatic N) is 2. The first-order valence-corrected chi connectivity index (χ1v) is 10.3. The highest BCUT2D eigenvalue weighted by Gasteiger charge is 2.36. The van der Waals surface area contributed by atoms with Crippen LogP contribution < -0.4 is 15.1 Å². The van der Waals surface area contributed by atoms with E-state index < -0.39 is 17.8 Å². The van der Waals surface area contributed by atoms with Gasteiger partial charge in [-0.05, 0) is 73.4 Å². The van der Waals surface area contributed by atoms with Crippen LogP contribution in [0.25, 0.3) is 6.08 Å². The molecule has 2 aliphatic rings. The first-order chi connectivity index (χ1) is 13.9. The SMILES string of the molecule is Cc1cc(N2CCCC2)ccc1/C=C1\C(=O)NC(=O)N(c2ccc(Br)cc2)C1=O. The van der Waals surface area contributed by atoms with Gasteiger partial charge in [0.1, 0.15) is 5.57 Å². The zero-order valence-electron chi connectivity index (χ0n) is 15.9. The Bertz CT molecular complexity index is 1020. The lowest BCUT2D eigenvalue weighted by molar-refractivity contribution is -0.122.